The number of aromatic nitrogens is 3. The van der Waals surface area contributed by atoms with Gasteiger partial charge in [0.2, 0.25) is 0 Å². The molecule has 18 heavy (non-hydrogen) atoms. The maximum Gasteiger partial charge on any atom is 0.137 e. The van der Waals surface area contributed by atoms with E-state index in [-0.39, 0.29) is 17.5 Å². The van der Waals surface area contributed by atoms with Crippen molar-refractivity contribution in [2.24, 2.45) is 0 Å². The molecule has 0 amide bonds. The molecule has 2 aromatic rings. The second-order valence-corrected chi connectivity index (χ2v) is 4.14. The fourth-order valence-electron chi connectivity index (χ4n) is 1.74. The molecule has 96 valence electrons. The van der Waals surface area contributed by atoms with E-state index in [1.165, 1.54) is 12.4 Å². The zero-order valence-corrected chi connectivity index (χ0v) is 10.1. The highest BCUT2D eigenvalue weighted by molar-refractivity contribution is 5.37. The lowest BCUT2D eigenvalue weighted by Gasteiger charge is -2.14. The molecule has 6 heteroatoms. The largest absolute Gasteiger partial charge is 0.508 e. The van der Waals surface area contributed by atoms with Crippen LogP contribution in [0.4, 0.5) is 0 Å². The number of benzene rings is 1. The van der Waals surface area contributed by atoms with E-state index >= 15 is 0 Å². The SMILES string of the molecule is CC(NCCc1ncn[nH]1)c1cc(O)cc(O)c1. The van der Waals surface area contributed by atoms with Crippen LogP contribution in [0.2, 0.25) is 0 Å². The number of aromatic hydroxyl groups is 2. The Morgan fingerprint density at radius 2 is 2.00 bits per heavy atom. The normalized spacial score (nSPS) is 12.5. The van der Waals surface area contributed by atoms with Gasteiger partial charge in [0.1, 0.15) is 23.7 Å². The molecule has 0 fully saturated rings. The predicted octanol–water partition coefficient (Wildman–Crippen LogP) is 1.11. The quantitative estimate of drug-likeness (QED) is 0.636. The molecule has 0 aliphatic carbocycles. The van der Waals surface area contributed by atoms with Crippen LogP contribution in [0.3, 0.4) is 0 Å². The van der Waals surface area contributed by atoms with E-state index in [2.05, 4.69) is 20.5 Å². The Bertz CT molecular complexity index is 479. The van der Waals surface area contributed by atoms with Gasteiger partial charge in [-0.05, 0) is 24.6 Å². The van der Waals surface area contributed by atoms with Crippen LogP contribution in [0.25, 0.3) is 0 Å². The molecule has 1 atom stereocenters. The van der Waals surface area contributed by atoms with Crippen molar-refractivity contribution in [2.45, 2.75) is 19.4 Å². The number of nitrogens with zero attached hydrogens (tertiary/aromatic N) is 2. The van der Waals surface area contributed by atoms with Gasteiger partial charge in [0.05, 0.1) is 0 Å². The summed E-state index contributed by atoms with van der Waals surface area (Å²) in [5, 5.41) is 28.7. The molecule has 0 radical (unpaired) electrons. The van der Waals surface area contributed by atoms with Gasteiger partial charge < -0.3 is 15.5 Å². The first-order valence-corrected chi connectivity index (χ1v) is 5.75. The minimum atomic E-state index is 0.0333. The zero-order valence-electron chi connectivity index (χ0n) is 10.1. The molecule has 2 rings (SSSR count). The second kappa shape index (κ2) is 5.50. The number of hydrogen-bond donors (Lipinski definition) is 4. The lowest BCUT2D eigenvalue weighted by molar-refractivity contribution is 0.446. The van der Waals surface area contributed by atoms with Gasteiger partial charge in [0.15, 0.2) is 0 Å². The van der Waals surface area contributed by atoms with Crippen LogP contribution in [0.5, 0.6) is 11.5 Å². The third-order valence-corrected chi connectivity index (χ3v) is 2.70. The summed E-state index contributed by atoms with van der Waals surface area (Å²) in [5.74, 6) is 0.955. The topological polar surface area (TPSA) is 94.1 Å². The van der Waals surface area contributed by atoms with Crippen molar-refractivity contribution in [1.82, 2.24) is 20.5 Å². The van der Waals surface area contributed by atoms with Crippen molar-refractivity contribution in [3.63, 3.8) is 0 Å². The summed E-state index contributed by atoms with van der Waals surface area (Å²) in [6.07, 6.45) is 2.22. The molecular weight excluding hydrogens is 232 g/mol. The Labute approximate surface area is 105 Å². The first-order chi connectivity index (χ1) is 8.65. The minimum absolute atomic E-state index is 0.0333. The van der Waals surface area contributed by atoms with E-state index in [1.54, 1.807) is 12.1 Å². The van der Waals surface area contributed by atoms with Crippen molar-refractivity contribution < 1.29 is 10.2 Å². The minimum Gasteiger partial charge on any atom is -0.508 e. The number of nitrogens with one attached hydrogen (secondary N) is 2. The highest BCUT2D eigenvalue weighted by Gasteiger charge is 2.07. The summed E-state index contributed by atoms with van der Waals surface area (Å²) >= 11 is 0. The lowest BCUT2D eigenvalue weighted by atomic mass is 10.1. The number of H-pyrrole nitrogens is 1. The Hall–Kier alpha value is -2.08. The average molecular weight is 248 g/mol. The smallest absolute Gasteiger partial charge is 0.137 e. The van der Waals surface area contributed by atoms with Gasteiger partial charge in [-0.15, -0.1) is 0 Å². The van der Waals surface area contributed by atoms with Gasteiger partial charge in [-0.2, -0.15) is 5.10 Å². The van der Waals surface area contributed by atoms with E-state index in [0.717, 1.165) is 24.4 Å². The fourth-order valence-corrected chi connectivity index (χ4v) is 1.74. The van der Waals surface area contributed by atoms with Gasteiger partial charge in [0.25, 0.3) is 0 Å². The van der Waals surface area contributed by atoms with Crippen LogP contribution >= 0.6 is 0 Å². The summed E-state index contributed by atoms with van der Waals surface area (Å²) in [4.78, 5) is 4.03. The molecule has 1 aromatic heterocycles. The van der Waals surface area contributed by atoms with Crippen LogP contribution in [0.1, 0.15) is 24.4 Å². The molecule has 0 saturated heterocycles. The van der Waals surface area contributed by atoms with Gasteiger partial charge in [-0.3, -0.25) is 5.10 Å². The molecule has 1 unspecified atom stereocenters. The van der Waals surface area contributed by atoms with E-state index < -0.39 is 0 Å². The summed E-state index contributed by atoms with van der Waals surface area (Å²) in [6.45, 7) is 2.70. The van der Waals surface area contributed by atoms with Gasteiger partial charge in [0, 0.05) is 25.1 Å². The molecule has 0 aliphatic heterocycles. The summed E-state index contributed by atoms with van der Waals surface area (Å²) in [7, 11) is 0. The Morgan fingerprint density at radius 3 is 2.61 bits per heavy atom. The van der Waals surface area contributed by atoms with Crippen LogP contribution in [0.15, 0.2) is 24.5 Å². The second-order valence-electron chi connectivity index (χ2n) is 4.14. The molecule has 1 heterocycles. The highest BCUT2D eigenvalue weighted by Crippen LogP contribution is 2.24. The first-order valence-electron chi connectivity index (χ1n) is 5.75. The predicted molar refractivity (Wildman–Crippen MR) is 66.3 cm³/mol. The van der Waals surface area contributed by atoms with E-state index in [1.807, 2.05) is 6.92 Å². The van der Waals surface area contributed by atoms with Crippen LogP contribution in [-0.2, 0) is 6.42 Å². The van der Waals surface area contributed by atoms with Gasteiger partial charge >= 0.3 is 0 Å². The monoisotopic (exact) mass is 248 g/mol. The summed E-state index contributed by atoms with van der Waals surface area (Å²) in [6, 6.07) is 4.61. The number of phenols is 2. The van der Waals surface area contributed by atoms with Gasteiger partial charge in [-0.25, -0.2) is 4.98 Å². The molecular formula is C12H16N4O2. The average Bonchev–Trinajstić information content (AvgIpc) is 2.80. The maximum atomic E-state index is 9.41. The molecule has 0 spiro atoms. The Kier molecular flexibility index (Phi) is 3.78. The van der Waals surface area contributed by atoms with Crippen LogP contribution in [-0.4, -0.2) is 31.9 Å². The van der Waals surface area contributed by atoms with Crippen LogP contribution < -0.4 is 5.32 Å². The standard InChI is InChI=1S/C12H16N4O2/c1-8(9-4-10(17)6-11(18)5-9)13-3-2-12-14-7-15-16-12/h4-8,13,17-18H,2-3H2,1H3,(H,14,15,16). The van der Waals surface area contributed by atoms with E-state index in [4.69, 9.17) is 0 Å². The molecule has 0 saturated carbocycles. The van der Waals surface area contributed by atoms with Crippen molar-refractivity contribution in [3.05, 3.63) is 35.9 Å². The van der Waals surface area contributed by atoms with Crippen LogP contribution in [0, 0.1) is 0 Å². The van der Waals surface area contributed by atoms with Crippen molar-refractivity contribution in [1.29, 1.82) is 0 Å². The first kappa shape index (κ1) is 12.4. The number of hydrogen-bond acceptors (Lipinski definition) is 5. The molecule has 0 aliphatic rings. The maximum absolute atomic E-state index is 9.41. The molecule has 6 nitrogen and oxygen atoms in total. The third kappa shape index (κ3) is 3.21. The van der Waals surface area contributed by atoms with Crippen molar-refractivity contribution in [2.75, 3.05) is 6.54 Å². The highest BCUT2D eigenvalue weighted by atomic mass is 16.3. The van der Waals surface area contributed by atoms with Crippen molar-refractivity contribution >= 4 is 0 Å². The van der Waals surface area contributed by atoms with E-state index in [0.29, 0.717) is 0 Å². The zero-order chi connectivity index (χ0) is 13.0. The molecule has 1 aromatic carbocycles. The van der Waals surface area contributed by atoms with E-state index in [9.17, 15) is 10.2 Å². The van der Waals surface area contributed by atoms with Crippen molar-refractivity contribution in [3.8, 4) is 11.5 Å². The Balaban J connectivity index is 1.89. The number of aromatic amines is 1. The molecule has 4 N–H and O–H groups in total. The number of rotatable bonds is 5. The summed E-state index contributed by atoms with van der Waals surface area (Å²) in [5.41, 5.74) is 0.838. The van der Waals surface area contributed by atoms with Gasteiger partial charge in [-0.1, -0.05) is 0 Å². The molecule has 0 bridgehead atoms. The third-order valence-electron chi connectivity index (χ3n) is 2.70. The summed E-state index contributed by atoms with van der Waals surface area (Å²) < 4.78 is 0. The Morgan fingerprint density at radius 1 is 1.28 bits per heavy atom. The fraction of sp³-hybridized carbons (Fsp3) is 0.333. The lowest BCUT2D eigenvalue weighted by Crippen LogP contribution is -2.21. The number of phenolic OH excluding ortho intramolecular Hbond substituents is 2.